The summed E-state index contributed by atoms with van der Waals surface area (Å²) in [5, 5.41) is 9.81. The fourth-order valence-electron chi connectivity index (χ4n) is 1.87. The molecule has 0 aliphatic carbocycles. The molecule has 6 heteroatoms. The van der Waals surface area contributed by atoms with Crippen molar-refractivity contribution < 1.29 is 14.7 Å². The number of carbonyl (C=O) groups excluding carboxylic acids is 1. The van der Waals surface area contributed by atoms with Crippen molar-refractivity contribution in [2.24, 2.45) is 0 Å². The molecule has 21 heavy (non-hydrogen) atoms. The fourth-order valence-corrected chi connectivity index (χ4v) is 2.79. The lowest BCUT2D eigenvalue weighted by Gasteiger charge is -2.21. The summed E-state index contributed by atoms with van der Waals surface area (Å²) < 4.78 is 0. The molecule has 1 aromatic carbocycles. The first-order chi connectivity index (χ1) is 9.91. The number of hydrogen-bond donors (Lipinski definition) is 1. The van der Waals surface area contributed by atoms with Crippen molar-refractivity contribution in [2.45, 2.75) is 19.9 Å². The first-order valence-electron chi connectivity index (χ1n) is 6.44. The SMILES string of the molecule is Cc1nc(-c2ccccc2)c(C(=O)N(C)C(C)C(=O)O)s1. The predicted octanol–water partition coefficient (Wildman–Crippen LogP) is 2.66. The summed E-state index contributed by atoms with van der Waals surface area (Å²) in [4.78, 5) is 29.7. The summed E-state index contributed by atoms with van der Waals surface area (Å²) >= 11 is 1.28. The molecule has 0 aliphatic rings. The number of carboxylic acid groups (broad SMARTS) is 1. The van der Waals surface area contributed by atoms with Gasteiger partial charge in [0, 0.05) is 12.6 Å². The predicted molar refractivity (Wildman–Crippen MR) is 81.5 cm³/mol. The van der Waals surface area contributed by atoms with Gasteiger partial charge in [-0.1, -0.05) is 30.3 Å². The van der Waals surface area contributed by atoms with E-state index < -0.39 is 12.0 Å². The molecule has 110 valence electrons. The lowest BCUT2D eigenvalue weighted by molar-refractivity contribution is -0.141. The average molecular weight is 304 g/mol. The van der Waals surface area contributed by atoms with Crippen molar-refractivity contribution in [3.8, 4) is 11.3 Å². The van der Waals surface area contributed by atoms with Crippen molar-refractivity contribution >= 4 is 23.2 Å². The number of likely N-dealkylation sites (N-methyl/N-ethyl adjacent to an activating group) is 1. The molecule has 0 fully saturated rings. The Balaban J connectivity index is 2.41. The Morgan fingerprint density at radius 3 is 2.48 bits per heavy atom. The quantitative estimate of drug-likeness (QED) is 0.942. The lowest BCUT2D eigenvalue weighted by atomic mass is 10.1. The number of hydrogen-bond acceptors (Lipinski definition) is 4. The molecule has 1 unspecified atom stereocenters. The van der Waals surface area contributed by atoms with Crippen molar-refractivity contribution in [3.63, 3.8) is 0 Å². The standard InChI is InChI=1S/C15H16N2O3S/c1-9(15(19)20)17(3)14(18)13-12(16-10(2)21-13)11-7-5-4-6-8-11/h4-9H,1-3H3,(H,19,20). The minimum absolute atomic E-state index is 0.325. The minimum Gasteiger partial charge on any atom is -0.480 e. The minimum atomic E-state index is -1.03. The summed E-state index contributed by atoms with van der Waals surface area (Å²) in [6, 6.07) is 8.52. The molecule has 1 amide bonds. The van der Waals surface area contributed by atoms with E-state index >= 15 is 0 Å². The van der Waals surface area contributed by atoms with E-state index in [1.165, 1.54) is 30.2 Å². The summed E-state index contributed by atoms with van der Waals surface area (Å²) in [5.74, 6) is -1.36. The smallest absolute Gasteiger partial charge is 0.326 e. The van der Waals surface area contributed by atoms with Gasteiger partial charge in [0.25, 0.3) is 5.91 Å². The van der Waals surface area contributed by atoms with Gasteiger partial charge >= 0.3 is 5.97 Å². The number of thiazole rings is 1. The third kappa shape index (κ3) is 3.11. The van der Waals surface area contributed by atoms with E-state index in [1.807, 2.05) is 37.3 Å². The van der Waals surface area contributed by atoms with Crippen LogP contribution in [0.5, 0.6) is 0 Å². The molecule has 2 rings (SSSR count). The normalized spacial score (nSPS) is 12.0. The van der Waals surface area contributed by atoms with Crippen LogP contribution in [0, 0.1) is 6.92 Å². The van der Waals surface area contributed by atoms with Gasteiger partial charge in [-0.05, 0) is 13.8 Å². The number of amides is 1. The number of rotatable bonds is 4. The first-order valence-corrected chi connectivity index (χ1v) is 7.26. The van der Waals surface area contributed by atoms with Gasteiger partial charge in [0.05, 0.1) is 10.7 Å². The Morgan fingerprint density at radius 2 is 1.90 bits per heavy atom. The van der Waals surface area contributed by atoms with Crippen LogP contribution in [0.2, 0.25) is 0 Å². The third-order valence-corrected chi connectivity index (χ3v) is 4.19. The summed E-state index contributed by atoms with van der Waals surface area (Å²) in [7, 11) is 1.49. The second-order valence-electron chi connectivity index (χ2n) is 4.71. The van der Waals surface area contributed by atoms with Crippen LogP contribution in [0.4, 0.5) is 0 Å². The number of aromatic nitrogens is 1. The van der Waals surface area contributed by atoms with Gasteiger partial charge in [-0.15, -0.1) is 11.3 Å². The highest BCUT2D eigenvalue weighted by Crippen LogP contribution is 2.29. The highest BCUT2D eigenvalue weighted by atomic mass is 32.1. The number of benzene rings is 1. The van der Waals surface area contributed by atoms with E-state index in [4.69, 9.17) is 5.11 Å². The maximum atomic E-state index is 12.5. The molecule has 0 radical (unpaired) electrons. The number of aryl methyl sites for hydroxylation is 1. The number of carboxylic acids is 1. The third-order valence-electron chi connectivity index (χ3n) is 3.23. The summed E-state index contributed by atoms with van der Waals surface area (Å²) in [5.41, 5.74) is 1.45. The van der Waals surface area contributed by atoms with Crippen LogP contribution in [0.1, 0.15) is 21.6 Å². The van der Waals surface area contributed by atoms with Gasteiger partial charge in [-0.3, -0.25) is 4.79 Å². The van der Waals surface area contributed by atoms with Crippen LogP contribution in [-0.4, -0.2) is 40.0 Å². The molecular weight excluding hydrogens is 288 g/mol. The second-order valence-corrected chi connectivity index (χ2v) is 5.91. The van der Waals surface area contributed by atoms with Crippen LogP contribution >= 0.6 is 11.3 Å². The average Bonchev–Trinajstić information content (AvgIpc) is 2.87. The number of nitrogens with zero attached hydrogens (tertiary/aromatic N) is 2. The largest absolute Gasteiger partial charge is 0.480 e. The topological polar surface area (TPSA) is 70.5 Å². The van der Waals surface area contributed by atoms with E-state index in [0.717, 1.165) is 10.6 Å². The van der Waals surface area contributed by atoms with Gasteiger partial charge in [-0.2, -0.15) is 0 Å². The van der Waals surface area contributed by atoms with Crippen molar-refractivity contribution in [1.29, 1.82) is 0 Å². The molecule has 1 aromatic heterocycles. The van der Waals surface area contributed by atoms with Crippen molar-refractivity contribution in [1.82, 2.24) is 9.88 Å². The van der Waals surface area contributed by atoms with Crippen LogP contribution in [0.15, 0.2) is 30.3 Å². The maximum Gasteiger partial charge on any atom is 0.326 e. The molecule has 0 spiro atoms. The van der Waals surface area contributed by atoms with Crippen LogP contribution in [-0.2, 0) is 4.79 Å². The summed E-state index contributed by atoms with van der Waals surface area (Å²) in [6.07, 6.45) is 0. The Labute approximate surface area is 126 Å². The van der Waals surface area contributed by atoms with Crippen LogP contribution < -0.4 is 0 Å². The molecule has 0 bridgehead atoms. The lowest BCUT2D eigenvalue weighted by Crippen LogP contribution is -2.40. The zero-order valence-electron chi connectivity index (χ0n) is 12.0. The fraction of sp³-hybridized carbons (Fsp3) is 0.267. The highest BCUT2D eigenvalue weighted by molar-refractivity contribution is 7.14. The monoisotopic (exact) mass is 304 g/mol. The highest BCUT2D eigenvalue weighted by Gasteiger charge is 2.27. The molecule has 0 saturated heterocycles. The van der Waals surface area contributed by atoms with Crippen molar-refractivity contribution in [2.75, 3.05) is 7.05 Å². The summed E-state index contributed by atoms with van der Waals surface area (Å²) in [6.45, 7) is 3.31. The van der Waals surface area contributed by atoms with E-state index in [1.54, 1.807) is 0 Å². The zero-order valence-corrected chi connectivity index (χ0v) is 12.8. The Morgan fingerprint density at radius 1 is 1.29 bits per heavy atom. The molecule has 0 aliphatic heterocycles. The van der Waals surface area contributed by atoms with E-state index in [-0.39, 0.29) is 5.91 Å². The van der Waals surface area contributed by atoms with Crippen LogP contribution in [0.25, 0.3) is 11.3 Å². The molecule has 1 heterocycles. The van der Waals surface area contributed by atoms with Gasteiger partial charge in [0.15, 0.2) is 0 Å². The van der Waals surface area contributed by atoms with Gasteiger partial charge < -0.3 is 10.0 Å². The molecule has 2 aromatic rings. The molecular formula is C15H16N2O3S. The molecule has 1 N–H and O–H groups in total. The Kier molecular flexibility index (Phi) is 4.37. The van der Waals surface area contributed by atoms with E-state index in [0.29, 0.717) is 10.6 Å². The maximum absolute atomic E-state index is 12.5. The Hall–Kier alpha value is -2.21. The van der Waals surface area contributed by atoms with Crippen LogP contribution in [0.3, 0.4) is 0 Å². The van der Waals surface area contributed by atoms with E-state index in [9.17, 15) is 9.59 Å². The van der Waals surface area contributed by atoms with Gasteiger partial charge in [-0.25, -0.2) is 9.78 Å². The molecule has 0 saturated carbocycles. The number of carbonyl (C=O) groups is 2. The molecule has 1 atom stereocenters. The first kappa shape index (κ1) is 15.2. The van der Waals surface area contributed by atoms with Crippen molar-refractivity contribution in [3.05, 3.63) is 40.2 Å². The van der Waals surface area contributed by atoms with Gasteiger partial charge in [0.2, 0.25) is 0 Å². The Bertz CT molecular complexity index is 667. The number of aliphatic carboxylic acids is 1. The van der Waals surface area contributed by atoms with E-state index in [2.05, 4.69) is 4.98 Å². The second kappa shape index (κ2) is 6.05. The molecule has 5 nitrogen and oxygen atoms in total. The van der Waals surface area contributed by atoms with Gasteiger partial charge in [0.1, 0.15) is 10.9 Å². The zero-order chi connectivity index (χ0) is 15.6.